The summed E-state index contributed by atoms with van der Waals surface area (Å²) in [7, 11) is 0. The standard InChI is InChI=1S/C14H11BrF2N2O2/c15-8-3-1-4-9(7-8)19-10-5-2-6-14(16,17)11(10)12(18-19)13(20)21/h1,3-4,7H,2,5-6H2,(H,20,21). The zero-order valence-corrected chi connectivity index (χ0v) is 12.4. The van der Waals surface area contributed by atoms with Gasteiger partial charge in [0, 0.05) is 10.9 Å². The topological polar surface area (TPSA) is 55.1 Å². The molecule has 1 aliphatic carbocycles. The van der Waals surface area contributed by atoms with Crippen molar-refractivity contribution in [2.45, 2.75) is 25.2 Å². The molecular weight excluding hydrogens is 346 g/mol. The summed E-state index contributed by atoms with van der Waals surface area (Å²) >= 11 is 3.31. The first-order valence-electron chi connectivity index (χ1n) is 6.39. The van der Waals surface area contributed by atoms with Crippen LogP contribution in [0.25, 0.3) is 5.69 Å². The zero-order valence-electron chi connectivity index (χ0n) is 10.8. The first-order valence-corrected chi connectivity index (χ1v) is 7.19. The highest BCUT2D eigenvalue weighted by atomic mass is 79.9. The van der Waals surface area contributed by atoms with Gasteiger partial charge in [-0.1, -0.05) is 22.0 Å². The fourth-order valence-electron chi connectivity index (χ4n) is 2.64. The van der Waals surface area contributed by atoms with Crippen LogP contribution in [-0.2, 0) is 12.3 Å². The van der Waals surface area contributed by atoms with Crippen LogP contribution in [-0.4, -0.2) is 20.9 Å². The number of rotatable bonds is 2. The number of benzene rings is 1. The number of hydrogen-bond acceptors (Lipinski definition) is 2. The maximum absolute atomic E-state index is 14.1. The molecule has 0 amide bonds. The SMILES string of the molecule is O=C(O)c1nn(-c2cccc(Br)c2)c2c1C(F)(F)CCC2. The van der Waals surface area contributed by atoms with Gasteiger partial charge in [-0.15, -0.1) is 0 Å². The van der Waals surface area contributed by atoms with E-state index in [2.05, 4.69) is 21.0 Å². The molecule has 110 valence electrons. The molecule has 0 saturated carbocycles. The highest BCUT2D eigenvalue weighted by Gasteiger charge is 2.44. The molecule has 1 aromatic carbocycles. The lowest BCUT2D eigenvalue weighted by molar-refractivity contribution is -0.0231. The first-order chi connectivity index (χ1) is 9.90. The molecule has 1 aliphatic rings. The molecular formula is C14H11BrF2N2O2. The molecule has 7 heteroatoms. The van der Waals surface area contributed by atoms with Crippen molar-refractivity contribution >= 4 is 21.9 Å². The summed E-state index contributed by atoms with van der Waals surface area (Å²) in [6.07, 6.45) is 0.348. The number of carboxylic acid groups (broad SMARTS) is 1. The van der Waals surface area contributed by atoms with Gasteiger partial charge in [-0.05, 0) is 31.0 Å². The van der Waals surface area contributed by atoms with Gasteiger partial charge in [-0.3, -0.25) is 0 Å². The summed E-state index contributed by atoms with van der Waals surface area (Å²) in [4.78, 5) is 11.3. The number of aromatic carboxylic acids is 1. The van der Waals surface area contributed by atoms with Gasteiger partial charge in [0.1, 0.15) is 0 Å². The Hall–Kier alpha value is -1.76. The van der Waals surface area contributed by atoms with E-state index in [1.54, 1.807) is 24.3 Å². The number of halogens is 3. The fourth-order valence-corrected chi connectivity index (χ4v) is 3.03. The van der Waals surface area contributed by atoms with Crippen molar-refractivity contribution in [1.82, 2.24) is 9.78 Å². The molecule has 0 fully saturated rings. The lowest BCUT2D eigenvalue weighted by Gasteiger charge is -2.23. The molecule has 0 spiro atoms. The highest BCUT2D eigenvalue weighted by Crippen LogP contribution is 2.42. The van der Waals surface area contributed by atoms with Gasteiger partial charge in [0.15, 0.2) is 5.69 Å². The number of carboxylic acids is 1. The maximum atomic E-state index is 14.1. The number of carbonyl (C=O) groups is 1. The Morgan fingerprint density at radius 2 is 2.19 bits per heavy atom. The van der Waals surface area contributed by atoms with Crippen LogP contribution >= 0.6 is 15.9 Å². The van der Waals surface area contributed by atoms with E-state index in [0.717, 1.165) is 4.47 Å². The number of aromatic nitrogens is 2. The third kappa shape index (κ3) is 2.35. The van der Waals surface area contributed by atoms with Crippen molar-refractivity contribution in [3.05, 3.63) is 45.7 Å². The van der Waals surface area contributed by atoms with Crippen LogP contribution < -0.4 is 0 Å². The lowest BCUT2D eigenvalue weighted by atomic mass is 9.92. The Morgan fingerprint density at radius 1 is 1.43 bits per heavy atom. The minimum atomic E-state index is -3.15. The molecule has 3 rings (SSSR count). The Labute approximate surface area is 127 Å². The predicted molar refractivity (Wildman–Crippen MR) is 75.1 cm³/mol. The Morgan fingerprint density at radius 3 is 2.86 bits per heavy atom. The van der Waals surface area contributed by atoms with E-state index >= 15 is 0 Å². The van der Waals surface area contributed by atoms with Gasteiger partial charge in [-0.25, -0.2) is 18.3 Å². The van der Waals surface area contributed by atoms with E-state index in [9.17, 15) is 13.6 Å². The minimum absolute atomic E-state index is 0.279. The summed E-state index contributed by atoms with van der Waals surface area (Å²) in [5.41, 5.74) is -0.163. The Bertz CT molecular complexity index is 728. The number of alkyl halides is 2. The average molecular weight is 357 g/mol. The van der Waals surface area contributed by atoms with Crippen LogP contribution in [0.5, 0.6) is 0 Å². The van der Waals surface area contributed by atoms with Gasteiger partial charge >= 0.3 is 5.97 Å². The van der Waals surface area contributed by atoms with Crippen molar-refractivity contribution in [2.75, 3.05) is 0 Å². The quantitative estimate of drug-likeness (QED) is 0.891. The largest absolute Gasteiger partial charge is 0.476 e. The molecule has 0 saturated heterocycles. The van der Waals surface area contributed by atoms with Crippen molar-refractivity contribution in [1.29, 1.82) is 0 Å². The van der Waals surface area contributed by atoms with Gasteiger partial charge in [-0.2, -0.15) is 5.10 Å². The molecule has 4 nitrogen and oxygen atoms in total. The van der Waals surface area contributed by atoms with E-state index in [0.29, 0.717) is 18.5 Å². The average Bonchev–Trinajstić information content (AvgIpc) is 2.79. The van der Waals surface area contributed by atoms with Crippen LogP contribution in [0.4, 0.5) is 8.78 Å². The van der Waals surface area contributed by atoms with Crippen molar-refractivity contribution in [3.8, 4) is 5.69 Å². The summed E-state index contributed by atoms with van der Waals surface area (Å²) in [5, 5.41) is 13.1. The zero-order chi connectivity index (χ0) is 15.2. The maximum Gasteiger partial charge on any atom is 0.356 e. The molecule has 0 bridgehead atoms. The van der Waals surface area contributed by atoms with E-state index in [4.69, 9.17) is 5.11 Å². The third-order valence-electron chi connectivity index (χ3n) is 3.51. The van der Waals surface area contributed by atoms with Gasteiger partial charge < -0.3 is 5.11 Å². The third-order valence-corrected chi connectivity index (χ3v) is 4.00. The van der Waals surface area contributed by atoms with Crippen molar-refractivity contribution < 1.29 is 18.7 Å². The lowest BCUT2D eigenvalue weighted by Crippen LogP contribution is -2.23. The van der Waals surface area contributed by atoms with Crippen LogP contribution in [0.15, 0.2) is 28.7 Å². The molecule has 0 radical (unpaired) electrons. The second-order valence-corrected chi connectivity index (χ2v) is 5.84. The van der Waals surface area contributed by atoms with Gasteiger partial charge in [0.25, 0.3) is 5.92 Å². The van der Waals surface area contributed by atoms with Gasteiger partial charge in [0.2, 0.25) is 0 Å². The molecule has 0 aliphatic heterocycles. The number of hydrogen-bond donors (Lipinski definition) is 1. The van der Waals surface area contributed by atoms with E-state index in [-0.39, 0.29) is 12.1 Å². The van der Waals surface area contributed by atoms with Crippen LogP contribution in [0.1, 0.15) is 34.6 Å². The molecule has 0 unspecified atom stereocenters. The molecule has 21 heavy (non-hydrogen) atoms. The number of nitrogens with zero attached hydrogens (tertiary/aromatic N) is 2. The van der Waals surface area contributed by atoms with Crippen LogP contribution in [0, 0.1) is 0 Å². The first kappa shape index (κ1) is 14.2. The van der Waals surface area contributed by atoms with E-state index in [1.165, 1.54) is 4.68 Å². The minimum Gasteiger partial charge on any atom is -0.476 e. The summed E-state index contributed by atoms with van der Waals surface area (Å²) in [6, 6.07) is 6.96. The molecule has 0 atom stereocenters. The summed E-state index contributed by atoms with van der Waals surface area (Å²) in [5.74, 6) is -4.58. The smallest absolute Gasteiger partial charge is 0.356 e. The van der Waals surface area contributed by atoms with Crippen molar-refractivity contribution in [2.24, 2.45) is 0 Å². The predicted octanol–water partition coefficient (Wildman–Crippen LogP) is 3.76. The molecule has 1 N–H and O–H groups in total. The van der Waals surface area contributed by atoms with Crippen LogP contribution in [0.2, 0.25) is 0 Å². The van der Waals surface area contributed by atoms with E-state index in [1.807, 2.05) is 0 Å². The number of fused-ring (bicyclic) bond motifs is 1. The highest BCUT2D eigenvalue weighted by molar-refractivity contribution is 9.10. The van der Waals surface area contributed by atoms with Crippen LogP contribution in [0.3, 0.4) is 0 Å². The Kier molecular flexibility index (Phi) is 3.32. The molecule has 1 heterocycles. The van der Waals surface area contributed by atoms with E-state index < -0.39 is 23.1 Å². The van der Waals surface area contributed by atoms with Crippen molar-refractivity contribution in [3.63, 3.8) is 0 Å². The van der Waals surface area contributed by atoms with Gasteiger partial charge in [0.05, 0.1) is 16.9 Å². The second-order valence-electron chi connectivity index (χ2n) is 4.93. The molecule has 1 aromatic heterocycles. The monoisotopic (exact) mass is 356 g/mol. The molecule has 2 aromatic rings. The normalized spacial score (nSPS) is 16.5. The second kappa shape index (κ2) is 4.91. The summed E-state index contributed by atoms with van der Waals surface area (Å²) in [6.45, 7) is 0. The summed E-state index contributed by atoms with van der Waals surface area (Å²) < 4.78 is 30.3. The fraction of sp³-hybridized carbons (Fsp3) is 0.286. The Balaban J connectivity index is 2.26.